The second-order valence-corrected chi connectivity index (χ2v) is 4.30. The molecule has 9 heteroatoms. The van der Waals surface area contributed by atoms with Gasteiger partial charge < -0.3 is 14.2 Å². The van der Waals surface area contributed by atoms with Crippen molar-refractivity contribution >= 4 is 23.8 Å². The molecule has 0 radical (unpaired) electrons. The Morgan fingerprint density at radius 2 is 1.64 bits per heavy atom. The number of esters is 3. The monoisotopic (exact) mass is 345 g/mol. The van der Waals surface area contributed by atoms with Crippen LogP contribution in [0.15, 0.2) is 28.9 Å². The molecule has 0 unspecified atom stereocenters. The smallest absolute Gasteiger partial charge is 0.348 e. The number of carbonyl (C=O) groups is 3. The summed E-state index contributed by atoms with van der Waals surface area (Å²) in [4.78, 5) is 34.6. The Balaban J connectivity index is 6.27. The van der Waals surface area contributed by atoms with Crippen LogP contribution in [0.5, 0.6) is 0 Å². The van der Waals surface area contributed by atoms with E-state index in [0.29, 0.717) is 0 Å². The molecule has 0 aromatic heterocycles. The third-order valence-corrected chi connectivity index (χ3v) is 2.84. The fraction of sp³-hybridized carbons (Fsp3) is 0.312. The van der Waals surface area contributed by atoms with Crippen molar-refractivity contribution in [3.05, 3.63) is 28.9 Å². The number of nitrogens with zero attached hydrogens (tertiary/aromatic N) is 2. The van der Waals surface area contributed by atoms with Crippen LogP contribution in [0.2, 0.25) is 0 Å². The first-order valence-corrected chi connectivity index (χ1v) is 6.64. The van der Waals surface area contributed by atoms with Gasteiger partial charge in [-0.2, -0.15) is 10.5 Å². The van der Waals surface area contributed by atoms with Crippen molar-refractivity contribution in [1.29, 1.82) is 15.9 Å². The average molecular weight is 345 g/mol. The molecule has 1 N–H and O–H groups in total. The highest BCUT2D eigenvalue weighted by Crippen LogP contribution is 2.21. The van der Waals surface area contributed by atoms with Crippen LogP contribution in [0.3, 0.4) is 0 Å². The van der Waals surface area contributed by atoms with Crippen LogP contribution < -0.4 is 0 Å². The van der Waals surface area contributed by atoms with E-state index in [1.54, 1.807) is 6.07 Å². The molecule has 0 rings (SSSR count). The van der Waals surface area contributed by atoms with Gasteiger partial charge in [0.15, 0.2) is 0 Å². The first-order chi connectivity index (χ1) is 11.9. The first kappa shape index (κ1) is 21.3. The molecule has 1 atom stereocenters. The zero-order valence-electron chi connectivity index (χ0n) is 13.8. The molecule has 25 heavy (non-hydrogen) atoms. The molecule has 0 heterocycles. The Morgan fingerprint density at radius 1 is 1.04 bits per heavy atom. The quantitative estimate of drug-likeness (QED) is 0.176. The van der Waals surface area contributed by atoms with E-state index in [1.165, 1.54) is 0 Å². The highest BCUT2D eigenvalue weighted by Gasteiger charge is 2.21. The second-order valence-electron chi connectivity index (χ2n) is 4.30. The number of hydrogen-bond donors (Lipinski definition) is 1. The largest absolute Gasteiger partial charge is 0.469 e. The van der Waals surface area contributed by atoms with Gasteiger partial charge in [0.1, 0.15) is 17.2 Å². The lowest BCUT2D eigenvalue weighted by Crippen LogP contribution is -2.13. The van der Waals surface area contributed by atoms with Crippen LogP contribution in [0.25, 0.3) is 0 Å². The second kappa shape index (κ2) is 10.9. The van der Waals surface area contributed by atoms with E-state index in [2.05, 4.69) is 14.2 Å². The number of hydrogen-bond acceptors (Lipinski definition) is 9. The number of rotatable bonds is 7. The van der Waals surface area contributed by atoms with E-state index in [0.717, 1.165) is 33.5 Å². The topological polar surface area (TPSA) is 150 Å². The molecule has 0 aliphatic heterocycles. The number of ether oxygens (including phenoxy) is 3. The molecule has 0 amide bonds. The summed E-state index contributed by atoms with van der Waals surface area (Å²) in [5.74, 6) is -1.95. The maximum atomic E-state index is 11.6. The van der Waals surface area contributed by atoms with E-state index in [9.17, 15) is 19.6 Å². The Hall–Kier alpha value is -3.68. The van der Waals surface area contributed by atoms with E-state index < -0.39 is 35.8 Å². The summed E-state index contributed by atoms with van der Waals surface area (Å²) in [6, 6.07) is 3.40. The van der Waals surface area contributed by atoms with Crippen LogP contribution in [0.4, 0.5) is 0 Å². The molecular weight excluding hydrogens is 330 g/mol. The van der Waals surface area contributed by atoms with Crippen molar-refractivity contribution in [3.63, 3.8) is 0 Å². The normalized spacial score (nSPS) is 11.9. The van der Waals surface area contributed by atoms with Gasteiger partial charge in [-0.15, -0.1) is 0 Å². The molecule has 0 aliphatic rings. The van der Waals surface area contributed by atoms with Gasteiger partial charge >= 0.3 is 17.9 Å². The summed E-state index contributed by atoms with van der Waals surface area (Å²) in [5, 5.41) is 25.4. The number of nitrogens with one attached hydrogen (secondary N) is 1. The van der Waals surface area contributed by atoms with Crippen LogP contribution in [-0.4, -0.2) is 45.1 Å². The third-order valence-electron chi connectivity index (χ3n) is 2.84. The molecule has 9 nitrogen and oxygen atoms in total. The molecule has 0 fully saturated rings. The molecule has 0 saturated carbocycles. The van der Waals surface area contributed by atoms with Crippen LogP contribution in [0, 0.1) is 34.0 Å². The minimum atomic E-state index is -1.16. The van der Waals surface area contributed by atoms with Gasteiger partial charge in [0.05, 0.1) is 39.7 Å². The lowest BCUT2D eigenvalue weighted by atomic mass is 9.93. The Labute approximate surface area is 143 Å². The summed E-state index contributed by atoms with van der Waals surface area (Å²) in [5.41, 5.74) is -0.899. The minimum absolute atomic E-state index is 0.0602. The van der Waals surface area contributed by atoms with E-state index >= 15 is 0 Å². The highest BCUT2D eigenvalue weighted by atomic mass is 16.5. The molecule has 0 aromatic carbocycles. The van der Waals surface area contributed by atoms with Gasteiger partial charge in [-0.1, -0.05) is 0 Å². The molecule has 0 spiro atoms. The lowest BCUT2D eigenvalue weighted by Gasteiger charge is -2.10. The van der Waals surface area contributed by atoms with Crippen molar-refractivity contribution in [2.24, 2.45) is 5.92 Å². The molecule has 0 saturated heterocycles. The van der Waals surface area contributed by atoms with Crippen molar-refractivity contribution in [3.8, 4) is 12.1 Å². The highest BCUT2D eigenvalue weighted by molar-refractivity contribution is 6.00. The molecule has 0 bridgehead atoms. The summed E-state index contributed by atoms with van der Waals surface area (Å²) in [6.45, 7) is 0. The van der Waals surface area contributed by atoms with Crippen molar-refractivity contribution < 1.29 is 28.6 Å². The number of carbonyl (C=O) groups excluding carboxylic acids is 3. The fourth-order valence-corrected chi connectivity index (χ4v) is 1.57. The Morgan fingerprint density at radius 3 is 2.04 bits per heavy atom. The predicted octanol–water partition coefficient (Wildman–Crippen LogP) is 0.587. The third kappa shape index (κ3) is 6.53. The van der Waals surface area contributed by atoms with E-state index in [4.69, 9.17) is 10.7 Å². The van der Waals surface area contributed by atoms with Crippen LogP contribution >= 0.6 is 0 Å². The van der Waals surface area contributed by atoms with Gasteiger partial charge in [0.2, 0.25) is 0 Å². The Kier molecular flexibility index (Phi) is 9.34. The standard InChI is InChI=1S/C16H15N3O6/c1-23-14(20)6-11(7-17)10(4-12(8-18)15(21)24-2)5-13(9-19)16(22)25-3/h4-5,11,18H,6H2,1-3H3/b10-4-,13-5+/t11-/m0/s1. The van der Waals surface area contributed by atoms with Crippen molar-refractivity contribution in [2.45, 2.75) is 6.42 Å². The summed E-state index contributed by atoms with van der Waals surface area (Å²) in [7, 11) is 3.27. The molecular formula is C16H15N3O6. The Bertz CT molecular complexity index is 745. The van der Waals surface area contributed by atoms with Crippen molar-refractivity contribution in [2.75, 3.05) is 21.3 Å². The van der Waals surface area contributed by atoms with Gasteiger partial charge in [0, 0.05) is 0 Å². The summed E-state index contributed by atoms with van der Waals surface area (Å²) < 4.78 is 13.4. The molecule has 0 aliphatic carbocycles. The van der Waals surface area contributed by atoms with Crippen LogP contribution in [0.1, 0.15) is 6.42 Å². The molecule has 0 aromatic rings. The van der Waals surface area contributed by atoms with Gasteiger partial charge in [0.25, 0.3) is 0 Å². The number of allylic oxidation sites excluding steroid dienone is 2. The van der Waals surface area contributed by atoms with E-state index in [1.807, 2.05) is 11.9 Å². The maximum Gasteiger partial charge on any atom is 0.348 e. The number of methoxy groups -OCH3 is 3. The maximum absolute atomic E-state index is 11.6. The summed E-state index contributed by atoms with van der Waals surface area (Å²) in [6.07, 6.45) is 1.61. The minimum Gasteiger partial charge on any atom is -0.469 e. The SMILES string of the molecule is COC(=O)C[C@@H](C#N)C(=C\C(=C=N)C(=O)OC)/C=C(\C#N)C(=O)OC. The van der Waals surface area contributed by atoms with Crippen LogP contribution in [-0.2, 0) is 28.6 Å². The number of nitriles is 2. The fourth-order valence-electron chi connectivity index (χ4n) is 1.57. The summed E-state index contributed by atoms with van der Waals surface area (Å²) >= 11 is 0. The lowest BCUT2D eigenvalue weighted by molar-refractivity contribution is -0.141. The first-order valence-electron chi connectivity index (χ1n) is 6.64. The van der Waals surface area contributed by atoms with Gasteiger partial charge in [-0.3, -0.25) is 10.2 Å². The van der Waals surface area contributed by atoms with E-state index in [-0.39, 0.29) is 11.1 Å². The predicted molar refractivity (Wildman–Crippen MR) is 82.8 cm³/mol. The molecule has 130 valence electrons. The van der Waals surface area contributed by atoms with Gasteiger partial charge in [-0.25, -0.2) is 9.59 Å². The average Bonchev–Trinajstić information content (AvgIpc) is 2.65. The zero-order chi connectivity index (χ0) is 19.4. The van der Waals surface area contributed by atoms with Crippen molar-refractivity contribution in [1.82, 2.24) is 0 Å². The zero-order valence-corrected chi connectivity index (χ0v) is 13.8. The van der Waals surface area contributed by atoms with Gasteiger partial charge in [-0.05, 0) is 23.6 Å².